The summed E-state index contributed by atoms with van der Waals surface area (Å²) in [4.78, 5) is 14.1. The molecule has 0 spiro atoms. The standard InChI is InChI=1S/C16H16ClNO2S/c1-18(13-7-6-11-4-2-3-5-12(11)13)15(19)10-20-14-8-9-21-16(14)17/h2-5,8-9,13H,6-7,10H2,1H3. The number of nitrogens with zero attached hydrogens (tertiary/aromatic N) is 1. The van der Waals surface area contributed by atoms with Crippen LogP contribution < -0.4 is 4.74 Å². The van der Waals surface area contributed by atoms with E-state index in [4.69, 9.17) is 16.3 Å². The Hall–Kier alpha value is -1.52. The lowest BCUT2D eigenvalue weighted by atomic mass is 10.1. The molecule has 3 rings (SSSR count). The second kappa shape index (κ2) is 6.08. The molecule has 0 radical (unpaired) electrons. The van der Waals surface area contributed by atoms with Gasteiger partial charge in [-0.25, -0.2) is 0 Å². The molecule has 0 fully saturated rings. The Morgan fingerprint density at radius 3 is 3.00 bits per heavy atom. The monoisotopic (exact) mass is 321 g/mol. The number of hydrogen-bond acceptors (Lipinski definition) is 3. The zero-order valence-electron chi connectivity index (χ0n) is 11.7. The molecule has 0 aliphatic heterocycles. The molecule has 0 saturated carbocycles. The first-order valence-corrected chi connectivity index (χ1v) is 8.12. The van der Waals surface area contributed by atoms with Crippen molar-refractivity contribution in [3.8, 4) is 5.75 Å². The number of benzene rings is 1. The molecule has 1 aromatic heterocycles. The van der Waals surface area contributed by atoms with E-state index >= 15 is 0 Å². The summed E-state index contributed by atoms with van der Waals surface area (Å²) < 4.78 is 6.07. The second-order valence-corrected chi connectivity index (χ2v) is 6.62. The van der Waals surface area contributed by atoms with Gasteiger partial charge in [-0.1, -0.05) is 35.9 Å². The Morgan fingerprint density at radius 1 is 1.43 bits per heavy atom. The second-order valence-electron chi connectivity index (χ2n) is 5.11. The van der Waals surface area contributed by atoms with E-state index in [1.54, 1.807) is 11.0 Å². The van der Waals surface area contributed by atoms with Crippen LogP contribution >= 0.6 is 22.9 Å². The van der Waals surface area contributed by atoms with E-state index in [0.29, 0.717) is 10.1 Å². The molecule has 0 bridgehead atoms. The first-order chi connectivity index (χ1) is 10.2. The zero-order chi connectivity index (χ0) is 14.8. The third-order valence-corrected chi connectivity index (χ3v) is 5.03. The third kappa shape index (κ3) is 2.92. The Labute approximate surface area is 133 Å². The third-order valence-electron chi connectivity index (χ3n) is 3.90. The normalized spacial score (nSPS) is 16.6. The average Bonchev–Trinajstić information content (AvgIpc) is 3.10. The number of amides is 1. The number of carbonyl (C=O) groups is 1. The number of hydrogen-bond donors (Lipinski definition) is 0. The number of aryl methyl sites for hydroxylation is 1. The smallest absolute Gasteiger partial charge is 0.260 e. The number of likely N-dealkylation sites (N-methyl/N-ethyl adjacent to an activating group) is 1. The van der Waals surface area contributed by atoms with Crippen molar-refractivity contribution in [3.63, 3.8) is 0 Å². The Kier molecular flexibility index (Phi) is 4.17. The van der Waals surface area contributed by atoms with Crippen LogP contribution in [0, 0.1) is 0 Å². The summed E-state index contributed by atoms with van der Waals surface area (Å²) in [7, 11) is 1.84. The highest BCUT2D eigenvalue weighted by Gasteiger charge is 2.28. The Bertz CT molecular complexity index is 655. The maximum Gasteiger partial charge on any atom is 0.260 e. The number of halogens is 1. The summed E-state index contributed by atoms with van der Waals surface area (Å²) in [5.74, 6) is 0.550. The van der Waals surface area contributed by atoms with Crippen LogP contribution in [0.25, 0.3) is 0 Å². The molecule has 1 unspecified atom stereocenters. The number of ether oxygens (including phenoxy) is 1. The summed E-state index contributed by atoms with van der Waals surface area (Å²) in [5, 5.41) is 1.85. The van der Waals surface area contributed by atoms with Gasteiger partial charge in [-0.3, -0.25) is 4.79 Å². The summed E-state index contributed by atoms with van der Waals surface area (Å²) in [6, 6.07) is 10.2. The van der Waals surface area contributed by atoms with E-state index in [1.807, 2.05) is 24.6 Å². The summed E-state index contributed by atoms with van der Waals surface area (Å²) in [6.07, 6.45) is 2.00. The average molecular weight is 322 g/mol. The van der Waals surface area contributed by atoms with Crippen LogP contribution in [-0.4, -0.2) is 24.5 Å². The maximum atomic E-state index is 12.3. The minimum atomic E-state index is -0.0287. The lowest BCUT2D eigenvalue weighted by molar-refractivity contribution is -0.134. The molecule has 1 aliphatic carbocycles. The fraction of sp³-hybridized carbons (Fsp3) is 0.312. The highest BCUT2D eigenvalue weighted by atomic mass is 35.5. The SMILES string of the molecule is CN(C(=O)COc1ccsc1Cl)C1CCc2ccccc21. The summed E-state index contributed by atoms with van der Waals surface area (Å²) in [5.41, 5.74) is 2.59. The predicted molar refractivity (Wildman–Crippen MR) is 85.1 cm³/mol. The fourth-order valence-corrected chi connectivity index (χ4v) is 3.56. The molecule has 3 nitrogen and oxygen atoms in total. The van der Waals surface area contributed by atoms with Crippen LogP contribution in [0.4, 0.5) is 0 Å². The summed E-state index contributed by atoms with van der Waals surface area (Å²) in [6.45, 7) is 0.0195. The van der Waals surface area contributed by atoms with Gasteiger partial charge in [0.25, 0.3) is 5.91 Å². The molecule has 110 valence electrons. The zero-order valence-corrected chi connectivity index (χ0v) is 13.3. The van der Waals surface area contributed by atoms with Crippen LogP contribution in [0.2, 0.25) is 4.34 Å². The lowest BCUT2D eigenvalue weighted by Crippen LogP contribution is -2.34. The molecular formula is C16H16ClNO2S. The van der Waals surface area contributed by atoms with Crippen LogP contribution in [0.5, 0.6) is 5.75 Å². The number of fused-ring (bicyclic) bond motifs is 1. The number of thiophene rings is 1. The van der Waals surface area contributed by atoms with Crippen molar-refractivity contribution in [2.75, 3.05) is 13.7 Å². The van der Waals surface area contributed by atoms with Crippen molar-refractivity contribution in [2.24, 2.45) is 0 Å². The van der Waals surface area contributed by atoms with Crippen molar-refractivity contribution in [3.05, 3.63) is 51.2 Å². The summed E-state index contributed by atoms with van der Waals surface area (Å²) >= 11 is 7.36. The molecule has 1 aliphatic rings. The minimum Gasteiger partial charge on any atom is -0.481 e. The minimum absolute atomic E-state index is 0.0195. The fourth-order valence-electron chi connectivity index (χ4n) is 2.74. The molecule has 21 heavy (non-hydrogen) atoms. The van der Waals surface area contributed by atoms with Crippen molar-refractivity contribution in [1.82, 2.24) is 4.90 Å². The lowest BCUT2D eigenvalue weighted by Gasteiger charge is -2.25. The van der Waals surface area contributed by atoms with Crippen LogP contribution in [0.3, 0.4) is 0 Å². The van der Waals surface area contributed by atoms with Gasteiger partial charge in [0.2, 0.25) is 0 Å². The Morgan fingerprint density at radius 2 is 2.24 bits per heavy atom. The molecule has 0 saturated heterocycles. The van der Waals surface area contributed by atoms with Gasteiger partial charge in [0, 0.05) is 7.05 Å². The van der Waals surface area contributed by atoms with E-state index in [0.717, 1.165) is 12.8 Å². The van der Waals surface area contributed by atoms with Crippen molar-refractivity contribution in [2.45, 2.75) is 18.9 Å². The molecule has 5 heteroatoms. The van der Waals surface area contributed by atoms with Crippen molar-refractivity contribution in [1.29, 1.82) is 0 Å². The van der Waals surface area contributed by atoms with Gasteiger partial charge in [-0.2, -0.15) is 0 Å². The molecular weight excluding hydrogens is 306 g/mol. The van der Waals surface area contributed by atoms with Crippen LogP contribution in [-0.2, 0) is 11.2 Å². The van der Waals surface area contributed by atoms with E-state index in [9.17, 15) is 4.79 Å². The molecule has 1 atom stereocenters. The largest absolute Gasteiger partial charge is 0.481 e. The Balaban J connectivity index is 1.64. The first-order valence-electron chi connectivity index (χ1n) is 6.86. The van der Waals surface area contributed by atoms with E-state index in [2.05, 4.69) is 12.1 Å². The highest BCUT2D eigenvalue weighted by Crippen LogP contribution is 2.35. The first kappa shape index (κ1) is 14.4. The molecule has 2 aromatic rings. The van der Waals surface area contributed by atoms with Gasteiger partial charge in [0.15, 0.2) is 6.61 Å². The van der Waals surface area contributed by atoms with E-state index in [1.165, 1.54) is 22.5 Å². The van der Waals surface area contributed by atoms with Gasteiger partial charge in [0.05, 0.1) is 6.04 Å². The van der Waals surface area contributed by atoms with Crippen LogP contribution in [0.1, 0.15) is 23.6 Å². The number of carbonyl (C=O) groups excluding carboxylic acids is 1. The number of rotatable bonds is 4. The molecule has 1 aromatic carbocycles. The van der Waals surface area contributed by atoms with Crippen molar-refractivity contribution < 1.29 is 9.53 Å². The van der Waals surface area contributed by atoms with Gasteiger partial charge in [-0.05, 0) is 35.4 Å². The molecule has 1 amide bonds. The van der Waals surface area contributed by atoms with Gasteiger partial charge in [0.1, 0.15) is 10.1 Å². The van der Waals surface area contributed by atoms with Gasteiger partial charge in [-0.15, -0.1) is 11.3 Å². The van der Waals surface area contributed by atoms with Crippen LogP contribution in [0.15, 0.2) is 35.7 Å². The van der Waals surface area contributed by atoms with Gasteiger partial charge < -0.3 is 9.64 Å². The predicted octanol–water partition coefficient (Wildman–Crippen LogP) is 3.93. The maximum absolute atomic E-state index is 12.3. The quantitative estimate of drug-likeness (QED) is 0.854. The topological polar surface area (TPSA) is 29.5 Å². The van der Waals surface area contributed by atoms with Gasteiger partial charge >= 0.3 is 0 Å². The molecule has 0 N–H and O–H groups in total. The molecule has 1 heterocycles. The van der Waals surface area contributed by atoms with Crippen molar-refractivity contribution >= 4 is 28.8 Å². The van der Waals surface area contributed by atoms with E-state index < -0.39 is 0 Å². The van der Waals surface area contributed by atoms with E-state index in [-0.39, 0.29) is 18.6 Å². The highest BCUT2D eigenvalue weighted by molar-refractivity contribution is 7.14.